The Kier molecular flexibility index (Phi) is 5.05. The number of rotatable bonds is 6. The summed E-state index contributed by atoms with van der Waals surface area (Å²) in [5.41, 5.74) is 2.63. The van der Waals surface area contributed by atoms with Crippen molar-refractivity contribution in [2.24, 2.45) is 0 Å². The number of anilines is 1. The summed E-state index contributed by atoms with van der Waals surface area (Å²) in [5.74, 6) is 1.59. The molecule has 2 aromatic rings. The molecule has 1 N–H and O–H groups in total. The van der Waals surface area contributed by atoms with Crippen LogP contribution in [0.4, 0.5) is 5.69 Å². The molecule has 4 heteroatoms. The maximum absolute atomic E-state index is 9.11. The SMILES string of the molecule is COc1ccc(CCNc2cc(OC)ccc2C#N)cc1. The van der Waals surface area contributed by atoms with E-state index < -0.39 is 0 Å². The Morgan fingerprint density at radius 1 is 1.00 bits per heavy atom. The Morgan fingerprint density at radius 2 is 1.67 bits per heavy atom. The highest BCUT2D eigenvalue weighted by Crippen LogP contribution is 2.22. The summed E-state index contributed by atoms with van der Waals surface area (Å²) < 4.78 is 10.3. The summed E-state index contributed by atoms with van der Waals surface area (Å²) in [6.07, 6.45) is 0.867. The minimum Gasteiger partial charge on any atom is -0.497 e. The lowest BCUT2D eigenvalue weighted by molar-refractivity contribution is 0.414. The van der Waals surface area contributed by atoms with Crippen LogP contribution in [0.2, 0.25) is 0 Å². The summed E-state index contributed by atoms with van der Waals surface area (Å²) in [6, 6.07) is 15.5. The van der Waals surface area contributed by atoms with E-state index in [9.17, 15) is 0 Å². The van der Waals surface area contributed by atoms with E-state index in [4.69, 9.17) is 14.7 Å². The summed E-state index contributed by atoms with van der Waals surface area (Å²) >= 11 is 0. The fourth-order valence-corrected chi connectivity index (χ4v) is 2.03. The number of benzene rings is 2. The largest absolute Gasteiger partial charge is 0.497 e. The number of nitrogens with one attached hydrogen (secondary N) is 1. The molecule has 0 fully saturated rings. The maximum Gasteiger partial charge on any atom is 0.121 e. The predicted octanol–water partition coefficient (Wildman–Crippen LogP) is 3.23. The quantitative estimate of drug-likeness (QED) is 0.883. The minimum atomic E-state index is 0.616. The van der Waals surface area contributed by atoms with Gasteiger partial charge in [0.25, 0.3) is 0 Å². The first-order valence-electron chi connectivity index (χ1n) is 6.71. The third-order valence-electron chi connectivity index (χ3n) is 3.24. The first-order chi connectivity index (χ1) is 10.3. The van der Waals surface area contributed by atoms with Gasteiger partial charge < -0.3 is 14.8 Å². The molecule has 2 aromatic carbocycles. The zero-order chi connectivity index (χ0) is 15.1. The summed E-state index contributed by atoms with van der Waals surface area (Å²) in [4.78, 5) is 0. The Morgan fingerprint density at radius 3 is 2.29 bits per heavy atom. The van der Waals surface area contributed by atoms with Gasteiger partial charge in [-0.1, -0.05) is 12.1 Å². The summed E-state index contributed by atoms with van der Waals surface area (Å²) in [7, 11) is 3.27. The lowest BCUT2D eigenvalue weighted by Gasteiger charge is -2.10. The van der Waals surface area contributed by atoms with Gasteiger partial charge in [0.15, 0.2) is 0 Å². The molecule has 0 unspecified atom stereocenters. The highest BCUT2D eigenvalue weighted by atomic mass is 16.5. The molecular weight excluding hydrogens is 264 g/mol. The third-order valence-corrected chi connectivity index (χ3v) is 3.24. The fraction of sp³-hybridized carbons (Fsp3) is 0.235. The molecule has 0 spiro atoms. The van der Waals surface area contributed by atoms with Crippen molar-refractivity contribution >= 4 is 5.69 Å². The highest BCUT2D eigenvalue weighted by Gasteiger charge is 2.03. The zero-order valence-corrected chi connectivity index (χ0v) is 12.2. The standard InChI is InChI=1S/C17H18N2O2/c1-20-15-6-3-13(4-7-15)9-10-19-17-11-16(21-2)8-5-14(17)12-18/h3-8,11,19H,9-10H2,1-2H3. The normalized spacial score (nSPS) is 9.76. The van der Waals surface area contributed by atoms with E-state index in [0.29, 0.717) is 5.56 Å². The van der Waals surface area contributed by atoms with E-state index >= 15 is 0 Å². The average molecular weight is 282 g/mol. The lowest BCUT2D eigenvalue weighted by atomic mass is 10.1. The smallest absolute Gasteiger partial charge is 0.121 e. The van der Waals surface area contributed by atoms with Gasteiger partial charge in [-0.2, -0.15) is 5.26 Å². The maximum atomic E-state index is 9.11. The van der Waals surface area contributed by atoms with Crippen LogP contribution >= 0.6 is 0 Å². The van der Waals surface area contributed by atoms with Gasteiger partial charge in [-0.15, -0.1) is 0 Å². The molecular formula is C17H18N2O2. The van der Waals surface area contributed by atoms with E-state index in [-0.39, 0.29) is 0 Å². The van der Waals surface area contributed by atoms with Crippen LogP contribution in [0.1, 0.15) is 11.1 Å². The van der Waals surface area contributed by atoms with Crippen molar-refractivity contribution in [3.63, 3.8) is 0 Å². The predicted molar refractivity (Wildman–Crippen MR) is 82.9 cm³/mol. The number of nitriles is 1. The lowest BCUT2D eigenvalue weighted by Crippen LogP contribution is -2.06. The van der Waals surface area contributed by atoms with Gasteiger partial charge in [-0.25, -0.2) is 0 Å². The molecule has 0 bridgehead atoms. The van der Waals surface area contributed by atoms with Gasteiger partial charge in [0.05, 0.1) is 25.5 Å². The van der Waals surface area contributed by atoms with Crippen molar-refractivity contribution in [1.29, 1.82) is 5.26 Å². The molecule has 0 aliphatic heterocycles. The molecule has 0 aromatic heterocycles. The van der Waals surface area contributed by atoms with Crippen LogP contribution in [0, 0.1) is 11.3 Å². The number of hydrogen-bond acceptors (Lipinski definition) is 4. The van der Waals surface area contributed by atoms with E-state index in [0.717, 1.165) is 30.2 Å². The average Bonchev–Trinajstić information content (AvgIpc) is 2.55. The Bertz CT molecular complexity index is 630. The number of nitrogens with zero attached hydrogens (tertiary/aromatic N) is 1. The summed E-state index contributed by atoms with van der Waals surface area (Å²) in [6.45, 7) is 0.744. The molecule has 21 heavy (non-hydrogen) atoms. The van der Waals surface area contributed by atoms with Gasteiger partial charge in [0.2, 0.25) is 0 Å². The number of hydrogen-bond donors (Lipinski definition) is 1. The van der Waals surface area contributed by atoms with Crippen LogP contribution in [0.15, 0.2) is 42.5 Å². The first kappa shape index (κ1) is 14.7. The van der Waals surface area contributed by atoms with Crippen molar-refractivity contribution in [2.45, 2.75) is 6.42 Å². The highest BCUT2D eigenvalue weighted by molar-refractivity contribution is 5.60. The molecule has 4 nitrogen and oxygen atoms in total. The number of ether oxygens (including phenoxy) is 2. The molecule has 0 atom stereocenters. The van der Waals surface area contributed by atoms with Crippen LogP contribution in [-0.4, -0.2) is 20.8 Å². The summed E-state index contributed by atoms with van der Waals surface area (Å²) in [5, 5.41) is 12.4. The van der Waals surface area contributed by atoms with E-state index in [1.54, 1.807) is 26.4 Å². The van der Waals surface area contributed by atoms with Gasteiger partial charge in [0, 0.05) is 12.6 Å². The monoisotopic (exact) mass is 282 g/mol. The second kappa shape index (κ2) is 7.20. The topological polar surface area (TPSA) is 54.3 Å². The Balaban J connectivity index is 1.97. The van der Waals surface area contributed by atoms with E-state index in [1.807, 2.05) is 30.3 Å². The zero-order valence-electron chi connectivity index (χ0n) is 12.2. The van der Waals surface area contributed by atoms with Crippen molar-refractivity contribution in [3.05, 3.63) is 53.6 Å². The second-order valence-electron chi connectivity index (χ2n) is 4.55. The van der Waals surface area contributed by atoms with Crippen molar-refractivity contribution in [2.75, 3.05) is 26.1 Å². The van der Waals surface area contributed by atoms with Crippen LogP contribution < -0.4 is 14.8 Å². The van der Waals surface area contributed by atoms with Gasteiger partial charge in [-0.3, -0.25) is 0 Å². The van der Waals surface area contributed by atoms with Crippen LogP contribution in [-0.2, 0) is 6.42 Å². The van der Waals surface area contributed by atoms with Crippen LogP contribution in [0.3, 0.4) is 0 Å². The molecule has 2 rings (SSSR count). The van der Waals surface area contributed by atoms with E-state index in [1.165, 1.54) is 5.56 Å². The van der Waals surface area contributed by atoms with Gasteiger partial charge in [-0.05, 0) is 36.2 Å². The van der Waals surface area contributed by atoms with Gasteiger partial charge >= 0.3 is 0 Å². The molecule has 0 heterocycles. The third kappa shape index (κ3) is 3.90. The van der Waals surface area contributed by atoms with Crippen molar-refractivity contribution < 1.29 is 9.47 Å². The van der Waals surface area contributed by atoms with Crippen molar-refractivity contribution in [3.8, 4) is 17.6 Å². The fourth-order valence-electron chi connectivity index (χ4n) is 2.03. The molecule has 0 aliphatic carbocycles. The van der Waals surface area contributed by atoms with Crippen molar-refractivity contribution in [1.82, 2.24) is 0 Å². The number of methoxy groups -OCH3 is 2. The molecule has 0 aliphatic rings. The van der Waals surface area contributed by atoms with Crippen LogP contribution in [0.25, 0.3) is 0 Å². The molecule has 0 saturated carbocycles. The van der Waals surface area contributed by atoms with Gasteiger partial charge in [0.1, 0.15) is 17.6 Å². The molecule has 108 valence electrons. The Labute approximate surface area is 124 Å². The molecule has 0 radical (unpaired) electrons. The second-order valence-corrected chi connectivity index (χ2v) is 4.55. The van der Waals surface area contributed by atoms with E-state index in [2.05, 4.69) is 11.4 Å². The first-order valence-corrected chi connectivity index (χ1v) is 6.71. The molecule has 0 saturated heterocycles. The minimum absolute atomic E-state index is 0.616. The van der Waals surface area contributed by atoms with Crippen LogP contribution in [0.5, 0.6) is 11.5 Å². The molecule has 0 amide bonds. The Hall–Kier alpha value is -2.67.